The fourth-order valence-corrected chi connectivity index (χ4v) is 2.47. The summed E-state index contributed by atoms with van der Waals surface area (Å²) in [6.07, 6.45) is 0.904. The zero-order valence-electron chi connectivity index (χ0n) is 11.7. The van der Waals surface area contributed by atoms with Crippen LogP contribution in [0.1, 0.15) is 43.5 Å². The highest BCUT2D eigenvalue weighted by Crippen LogP contribution is 2.27. The highest BCUT2D eigenvalue weighted by molar-refractivity contribution is 5.85. The van der Waals surface area contributed by atoms with E-state index in [4.69, 9.17) is 10.7 Å². The molecule has 96 valence electrons. The van der Waals surface area contributed by atoms with E-state index >= 15 is 0 Å². The largest absolute Gasteiger partial charge is 0.328 e. The lowest BCUT2D eigenvalue weighted by atomic mass is 9.95. The Morgan fingerprint density at radius 3 is 2.56 bits per heavy atom. The lowest BCUT2D eigenvalue weighted by Crippen LogP contribution is -2.18. The summed E-state index contributed by atoms with van der Waals surface area (Å²) in [5, 5.41) is 1.25. The van der Waals surface area contributed by atoms with Gasteiger partial charge in [-0.05, 0) is 43.4 Å². The van der Waals surface area contributed by atoms with Crippen molar-refractivity contribution in [3.63, 3.8) is 0 Å². The summed E-state index contributed by atoms with van der Waals surface area (Å²) in [6.45, 7) is 8.53. The first kappa shape index (κ1) is 13.0. The number of para-hydroxylation sites is 1. The molecule has 1 aromatic carbocycles. The molecule has 0 saturated carbocycles. The second-order valence-electron chi connectivity index (χ2n) is 5.50. The van der Waals surface area contributed by atoms with Crippen LogP contribution in [0, 0.1) is 6.92 Å². The predicted octanol–water partition coefficient (Wildman–Crippen LogP) is 3.56. The molecule has 2 N–H and O–H groups in total. The van der Waals surface area contributed by atoms with Gasteiger partial charge in [-0.15, -0.1) is 0 Å². The molecule has 0 bridgehead atoms. The molecule has 0 saturated heterocycles. The van der Waals surface area contributed by atoms with E-state index in [0.29, 0.717) is 5.92 Å². The third-order valence-electron chi connectivity index (χ3n) is 3.25. The van der Waals surface area contributed by atoms with Gasteiger partial charge in [0.05, 0.1) is 5.52 Å². The summed E-state index contributed by atoms with van der Waals surface area (Å²) >= 11 is 0. The van der Waals surface area contributed by atoms with E-state index in [1.165, 1.54) is 16.5 Å². The summed E-state index contributed by atoms with van der Waals surface area (Å²) in [5.74, 6) is 0.492. The van der Waals surface area contributed by atoms with E-state index in [2.05, 4.69) is 45.0 Å². The fraction of sp³-hybridized carbons (Fsp3) is 0.438. The van der Waals surface area contributed by atoms with E-state index in [-0.39, 0.29) is 6.04 Å². The Labute approximate surface area is 109 Å². The monoisotopic (exact) mass is 242 g/mol. The van der Waals surface area contributed by atoms with Crippen LogP contribution in [0.3, 0.4) is 0 Å². The van der Waals surface area contributed by atoms with Gasteiger partial charge in [0.15, 0.2) is 0 Å². The maximum Gasteiger partial charge on any atom is 0.0742 e. The molecule has 0 fully saturated rings. The van der Waals surface area contributed by atoms with Gasteiger partial charge in [-0.2, -0.15) is 0 Å². The number of pyridine rings is 1. The molecule has 0 aliphatic rings. The molecule has 2 nitrogen and oxygen atoms in total. The van der Waals surface area contributed by atoms with Gasteiger partial charge in [-0.3, -0.25) is 4.98 Å². The molecule has 0 radical (unpaired) electrons. The molecule has 2 rings (SSSR count). The molecule has 2 aromatic rings. The average Bonchev–Trinajstić information content (AvgIpc) is 2.26. The Morgan fingerprint density at radius 2 is 1.94 bits per heavy atom. The maximum atomic E-state index is 5.94. The van der Waals surface area contributed by atoms with Crippen LogP contribution in [-0.2, 0) is 6.42 Å². The maximum absolute atomic E-state index is 5.94. The Kier molecular flexibility index (Phi) is 3.67. The highest BCUT2D eigenvalue weighted by atomic mass is 14.7. The van der Waals surface area contributed by atoms with Gasteiger partial charge in [-0.1, -0.05) is 32.0 Å². The molecule has 1 heterocycles. The molecule has 2 heteroatoms. The number of aromatic nitrogens is 1. The van der Waals surface area contributed by atoms with E-state index in [9.17, 15) is 0 Å². The number of hydrogen-bond acceptors (Lipinski definition) is 2. The van der Waals surface area contributed by atoms with Crippen molar-refractivity contribution in [2.75, 3.05) is 0 Å². The first-order valence-corrected chi connectivity index (χ1v) is 6.63. The average molecular weight is 242 g/mol. The van der Waals surface area contributed by atoms with Crippen LogP contribution in [0.15, 0.2) is 24.3 Å². The van der Waals surface area contributed by atoms with Gasteiger partial charge in [0, 0.05) is 17.1 Å². The molecular formula is C16H22N2. The van der Waals surface area contributed by atoms with Gasteiger partial charge in [0.2, 0.25) is 0 Å². The van der Waals surface area contributed by atoms with Crippen molar-refractivity contribution in [2.24, 2.45) is 5.73 Å². The molecule has 0 aliphatic carbocycles. The fourth-order valence-electron chi connectivity index (χ4n) is 2.47. The number of aryl methyl sites for hydroxylation is 1. The predicted molar refractivity (Wildman–Crippen MR) is 77.9 cm³/mol. The minimum atomic E-state index is 0.178. The standard InChI is InChI=1S/C16H22N2/c1-10(2)14-6-5-7-15-13(8-11(3)17)9-12(4)18-16(14)15/h5-7,9-11H,8,17H2,1-4H3. The van der Waals surface area contributed by atoms with Crippen molar-refractivity contribution in [1.82, 2.24) is 4.98 Å². The van der Waals surface area contributed by atoms with Gasteiger partial charge in [0.1, 0.15) is 0 Å². The van der Waals surface area contributed by atoms with Crippen molar-refractivity contribution < 1.29 is 0 Å². The Hall–Kier alpha value is -1.41. The molecule has 0 aliphatic heterocycles. The third kappa shape index (κ3) is 2.54. The van der Waals surface area contributed by atoms with Gasteiger partial charge < -0.3 is 5.73 Å². The summed E-state index contributed by atoms with van der Waals surface area (Å²) in [7, 11) is 0. The van der Waals surface area contributed by atoms with Crippen LogP contribution in [0.5, 0.6) is 0 Å². The summed E-state index contributed by atoms with van der Waals surface area (Å²) in [5.41, 5.74) is 10.8. The lowest BCUT2D eigenvalue weighted by Gasteiger charge is -2.14. The topological polar surface area (TPSA) is 38.9 Å². The van der Waals surface area contributed by atoms with Crippen LogP contribution in [0.4, 0.5) is 0 Å². The summed E-state index contributed by atoms with van der Waals surface area (Å²) in [6, 6.07) is 8.80. The van der Waals surface area contributed by atoms with Crippen LogP contribution in [0.25, 0.3) is 10.9 Å². The first-order valence-electron chi connectivity index (χ1n) is 6.63. The van der Waals surface area contributed by atoms with E-state index in [1.807, 2.05) is 6.92 Å². The van der Waals surface area contributed by atoms with Crippen LogP contribution in [0.2, 0.25) is 0 Å². The number of fused-ring (bicyclic) bond motifs is 1. The Balaban J connectivity index is 2.69. The van der Waals surface area contributed by atoms with Crippen molar-refractivity contribution in [3.05, 3.63) is 41.1 Å². The van der Waals surface area contributed by atoms with Gasteiger partial charge >= 0.3 is 0 Å². The minimum absolute atomic E-state index is 0.178. The quantitative estimate of drug-likeness (QED) is 0.893. The second kappa shape index (κ2) is 5.07. The van der Waals surface area contributed by atoms with Crippen LogP contribution >= 0.6 is 0 Å². The Bertz CT molecular complexity index is 556. The number of benzene rings is 1. The summed E-state index contributed by atoms with van der Waals surface area (Å²) < 4.78 is 0. The molecule has 1 aromatic heterocycles. The zero-order valence-corrected chi connectivity index (χ0v) is 11.7. The number of rotatable bonds is 3. The molecule has 0 amide bonds. The number of hydrogen-bond donors (Lipinski definition) is 1. The number of nitrogens with zero attached hydrogens (tertiary/aromatic N) is 1. The van der Waals surface area contributed by atoms with E-state index in [1.54, 1.807) is 0 Å². The highest BCUT2D eigenvalue weighted by Gasteiger charge is 2.11. The van der Waals surface area contributed by atoms with E-state index < -0.39 is 0 Å². The van der Waals surface area contributed by atoms with Crippen LogP contribution in [-0.4, -0.2) is 11.0 Å². The lowest BCUT2D eigenvalue weighted by molar-refractivity contribution is 0.740. The van der Waals surface area contributed by atoms with Crippen molar-refractivity contribution in [3.8, 4) is 0 Å². The first-order chi connectivity index (χ1) is 8.49. The van der Waals surface area contributed by atoms with Crippen molar-refractivity contribution in [1.29, 1.82) is 0 Å². The van der Waals surface area contributed by atoms with Crippen molar-refractivity contribution in [2.45, 2.75) is 46.1 Å². The van der Waals surface area contributed by atoms with Crippen molar-refractivity contribution >= 4 is 10.9 Å². The SMILES string of the molecule is Cc1cc(CC(C)N)c2cccc(C(C)C)c2n1. The summed E-state index contributed by atoms with van der Waals surface area (Å²) in [4.78, 5) is 4.72. The molecule has 1 atom stereocenters. The zero-order chi connectivity index (χ0) is 13.3. The second-order valence-corrected chi connectivity index (χ2v) is 5.50. The molecular weight excluding hydrogens is 220 g/mol. The number of nitrogens with two attached hydrogens (primary N) is 1. The Morgan fingerprint density at radius 1 is 1.22 bits per heavy atom. The molecule has 1 unspecified atom stereocenters. The minimum Gasteiger partial charge on any atom is -0.328 e. The normalized spacial score (nSPS) is 13.2. The van der Waals surface area contributed by atoms with Crippen LogP contribution < -0.4 is 5.73 Å². The van der Waals surface area contributed by atoms with Gasteiger partial charge in [-0.25, -0.2) is 0 Å². The third-order valence-corrected chi connectivity index (χ3v) is 3.25. The smallest absolute Gasteiger partial charge is 0.0742 e. The molecule has 18 heavy (non-hydrogen) atoms. The molecule has 0 spiro atoms. The van der Waals surface area contributed by atoms with Gasteiger partial charge in [0.25, 0.3) is 0 Å². The van der Waals surface area contributed by atoms with E-state index in [0.717, 1.165) is 17.6 Å².